The van der Waals surface area contributed by atoms with E-state index >= 15 is 0 Å². The Labute approximate surface area is 161 Å². The van der Waals surface area contributed by atoms with Gasteiger partial charge < -0.3 is 10.2 Å². The third kappa shape index (κ3) is 3.74. The maximum Gasteiger partial charge on any atom is 0.266 e. The zero-order valence-electron chi connectivity index (χ0n) is 14.8. The summed E-state index contributed by atoms with van der Waals surface area (Å²) < 4.78 is 1.60. The average Bonchev–Trinajstić information content (AvgIpc) is 2.73. The van der Waals surface area contributed by atoms with Crippen molar-refractivity contribution >= 4 is 28.6 Å². The second kappa shape index (κ2) is 7.94. The number of amides is 1. The molecule has 0 spiro atoms. The molecule has 1 fully saturated rings. The standard InChI is InChI=1S/C20H20N4O2S/c25-18(23-12-10-21-11-13-23)14-27-20-22-17-9-5-4-8-16(17)19(26)24(20)15-6-2-1-3-7-15/h1-9,21H,10-14H2. The molecule has 27 heavy (non-hydrogen) atoms. The van der Waals surface area contributed by atoms with E-state index < -0.39 is 0 Å². The van der Waals surface area contributed by atoms with E-state index in [0.29, 0.717) is 16.1 Å². The van der Waals surface area contributed by atoms with Gasteiger partial charge >= 0.3 is 0 Å². The Bertz CT molecular complexity index is 1010. The summed E-state index contributed by atoms with van der Waals surface area (Å²) in [5.41, 5.74) is 1.27. The molecule has 4 rings (SSSR count). The molecular weight excluding hydrogens is 360 g/mol. The number of benzene rings is 2. The van der Waals surface area contributed by atoms with Crippen molar-refractivity contribution in [2.75, 3.05) is 31.9 Å². The van der Waals surface area contributed by atoms with Crippen LogP contribution in [0.25, 0.3) is 16.6 Å². The Morgan fingerprint density at radius 2 is 1.74 bits per heavy atom. The maximum atomic E-state index is 13.1. The summed E-state index contributed by atoms with van der Waals surface area (Å²) in [6.45, 7) is 3.07. The van der Waals surface area contributed by atoms with E-state index in [9.17, 15) is 9.59 Å². The number of hydrogen-bond acceptors (Lipinski definition) is 5. The zero-order valence-corrected chi connectivity index (χ0v) is 15.6. The van der Waals surface area contributed by atoms with Gasteiger partial charge in [-0.1, -0.05) is 42.1 Å². The lowest BCUT2D eigenvalue weighted by Gasteiger charge is -2.27. The van der Waals surface area contributed by atoms with Crippen LogP contribution in [0.5, 0.6) is 0 Å². The van der Waals surface area contributed by atoms with E-state index in [-0.39, 0.29) is 17.2 Å². The third-order valence-electron chi connectivity index (χ3n) is 4.55. The van der Waals surface area contributed by atoms with E-state index in [0.717, 1.165) is 31.9 Å². The van der Waals surface area contributed by atoms with Crippen LogP contribution in [0.15, 0.2) is 64.5 Å². The van der Waals surface area contributed by atoms with Crippen LogP contribution >= 0.6 is 11.8 Å². The number of thioether (sulfide) groups is 1. The molecule has 3 aromatic rings. The van der Waals surface area contributed by atoms with E-state index in [4.69, 9.17) is 0 Å². The van der Waals surface area contributed by atoms with Crippen molar-refractivity contribution in [1.29, 1.82) is 0 Å². The van der Waals surface area contributed by atoms with Gasteiger partial charge in [-0.05, 0) is 24.3 Å². The summed E-state index contributed by atoms with van der Waals surface area (Å²) in [6, 6.07) is 16.7. The lowest BCUT2D eigenvalue weighted by Crippen LogP contribution is -2.47. The first-order chi connectivity index (χ1) is 13.2. The maximum absolute atomic E-state index is 13.1. The highest BCUT2D eigenvalue weighted by Gasteiger charge is 2.19. The number of para-hydroxylation sites is 2. The van der Waals surface area contributed by atoms with Crippen LogP contribution in [-0.2, 0) is 4.79 Å². The smallest absolute Gasteiger partial charge is 0.266 e. The number of nitrogens with zero attached hydrogens (tertiary/aromatic N) is 3. The van der Waals surface area contributed by atoms with Gasteiger partial charge in [-0.25, -0.2) is 4.98 Å². The van der Waals surface area contributed by atoms with Crippen molar-refractivity contribution in [2.24, 2.45) is 0 Å². The largest absolute Gasteiger partial charge is 0.339 e. The highest BCUT2D eigenvalue weighted by atomic mass is 32.2. The Hall–Kier alpha value is -2.64. The molecule has 1 amide bonds. The molecular formula is C20H20N4O2S. The number of fused-ring (bicyclic) bond motifs is 1. The molecule has 2 heterocycles. The topological polar surface area (TPSA) is 67.2 Å². The van der Waals surface area contributed by atoms with Gasteiger partial charge in [0, 0.05) is 26.2 Å². The first-order valence-corrected chi connectivity index (χ1v) is 9.91. The van der Waals surface area contributed by atoms with E-state index in [1.807, 2.05) is 53.4 Å². The van der Waals surface area contributed by atoms with E-state index in [2.05, 4.69) is 10.3 Å². The van der Waals surface area contributed by atoms with Crippen LogP contribution in [0, 0.1) is 0 Å². The first kappa shape index (κ1) is 17.8. The Kier molecular flexibility index (Phi) is 5.22. The molecule has 138 valence electrons. The number of hydrogen-bond donors (Lipinski definition) is 1. The van der Waals surface area contributed by atoms with Crippen LogP contribution in [0.3, 0.4) is 0 Å². The van der Waals surface area contributed by atoms with Gasteiger partial charge in [0.1, 0.15) is 0 Å². The Balaban J connectivity index is 1.70. The van der Waals surface area contributed by atoms with Gasteiger partial charge in [0.2, 0.25) is 5.91 Å². The van der Waals surface area contributed by atoms with Crippen LogP contribution in [0.2, 0.25) is 0 Å². The van der Waals surface area contributed by atoms with Gasteiger partial charge in [0.05, 0.1) is 22.3 Å². The molecule has 0 atom stereocenters. The number of aromatic nitrogens is 2. The summed E-state index contributed by atoms with van der Waals surface area (Å²) in [5.74, 6) is 0.334. The highest BCUT2D eigenvalue weighted by Crippen LogP contribution is 2.21. The molecule has 0 radical (unpaired) electrons. The summed E-state index contributed by atoms with van der Waals surface area (Å²) in [4.78, 5) is 32.2. The minimum atomic E-state index is -0.121. The number of nitrogens with one attached hydrogen (secondary N) is 1. The molecule has 1 N–H and O–H groups in total. The first-order valence-electron chi connectivity index (χ1n) is 8.92. The van der Waals surface area contributed by atoms with Crippen LogP contribution in [0.1, 0.15) is 0 Å². The molecule has 0 saturated carbocycles. The Morgan fingerprint density at radius 1 is 1.04 bits per heavy atom. The number of piperazine rings is 1. The summed E-state index contributed by atoms with van der Waals surface area (Å²) >= 11 is 1.31. The van der Waals surface area contributed by atoms with E-state index in [1.54, 1.807) is 10.6 Å². The normalized spacial score (nSPS) is 14.4. The SMILES string of the molecule is O=C(CSc1nc2ccccc2c(=O)n1-c1ccccc1)N1CCNCC1. The van der Waals surface area contributed by atoms with Crippen molar-refractivity contribution in [1.82, 2.24) is 19.8 Å². The molecule has 6 nitrogen and oxygen atoms in total. The minimum Gasteiger partial charge on any atom is -0.339 e. The molecule has 1 aromatic heterocycles. The van der Waals surface area contributed by atoms with Gasteiger partial charge in [-0.15, -0.1) is 0 Å². The lowest BCUT2D eigenvalue weighted by atomic mass is 10.2. The van der Waals surface area contributed by atoms with Gasteiger partial charge in [-0.3, -0.25) is 14.2 Å². The molecule has 7 heteroatoms. The van der Waals surface area contributed by atoms with Gasteiger partial charge in [-0.2, -0.15) is 0 Å². The zero-order chi connectivity index (χ0) is 18.6. The fraction of sp³-hybridized carbons (Fsp3) is 0.250. The van der Waals surface area contributed by atoms with Crippen molar-refractivity contribution in [3.05, 3.63) is 65.0 Å². The molecule has 0 unspecified atom stereocenters. The molecule has 2 aromatic carbocycles. The fourth-order valence-corrected chi connectivity index (χ4v) is 4.06. The minimum absolute atomic E-state index is 0.0727. The second-order valence-corrected chi connectivity index (χ2v) is 7.25. The quantitative estimate of drug-likeness (QED) is 0.553. The van der Waals surface area contributed by atoms with E-state index in [1.165, 1.54) is 11.8 Å². The predicted octanol–water partition coefficient (Wildman–Crippen LogP) is 1.91. The summed E-state index contributed by atoms with van der Waals surface area (Å²) in [7, 11) is 0. The summed E-state index contributed by atoms with van der Waals surface area (Å²) in [6.07, 6.45) is 0. The number of carbonyl (C=O) groups is 1. The molecule has 1 aliphatic rings. The predicted molar refractivity (Wildman–Crippen MR) is 108 cm³/mol. The van der Waals surface area contributed by atoms with Gasteiger partial charge in [0.25, 0.3) is 5.56 Å². The third-order valence-corrected chi connectivity index (χ3v) is 5.48. The number of rotatable bonds is 4. The van der Waals surface area contributed by atoms with Crippen molar-refractivity contribution in [3.63, 3.8) is 0 Å². The Morgan fingerprint density at radius 3 is 2.52 bits per heavy atom. The number of carbonyl (C=O) groups excluding carboxylic acids is 1. The van der Waals surface area contributed by atoms with Crippen LogP contribution in [0.4, 0.5) is 0 Å². The van der Waals surface area contributed by atoms with Crippen LogP contribution < -0.4 is 10.9 Å². The van der Waals surface area contributed by atoms with Crippen molar-refractivity contribution in [3.8, 4) is 5.69 Å². The monoisotopic (exact) mass is 380 g/mol. The molecule has 1 saturated heterocycles. The van der Waals surface area contributed by atoms with Crippen molar-refractivity contribution < 1.29 is 4.79 Å². The molecule has 0 aliphatic carbocycles. The van der Waals surface area contributed by atoms with Gasteiger partial charge in [0.15, 0.2) is 5.16 Å². The average molecular weight is 380 g/mol. The summed E-state index contributed by atoms with van der Waals surface area (Å²) in [5, 5.41) is 4.35. The highest BCUT2D eigenvalue weighted by molar-refractivity contribution is 7.99. The molecule has 1 aliphatic heterocycles. The van der Waals surface area contributed by atoms with Crippen molar-refractivity contribution in [2.45, 2.75) is 5.16 Å². The lowest BCUT2D eigenvalue weighted by molar-refractivity contribution is -0.128. The second-order valence-electron chi connectivity index (χ2n) is 6.31. The van der Waals surface area contributed by atoms with Crippen LogP contribution in [-0.4, -0.2) is 52.3 Å². The fourth-order valence-electron chi connectivity index (χ4n) is 3.15. The molecule has 0 bridgehead atoms.